The normalized spacial score (nSPS) is 11.1. The second-order valence-electron chi connectivity index (χ2n) is 9.57. The molecule has 0 unspecified atom stereocenters. The van der Waals surface area contributed by atoms with Crippen molar-refractivity contribution in [1.82, 2.24) is 0 Å². The Balaban J connectivity index is 1.81. The molecule has 0 aliphatic rings. The van der Waals surface area contributed by atoms with E-state index < -0.39 is 0 Å². The van der Waals surface area contributed by atoms with Crippen LogP contribution in [0.1, 0.15) is 37.5 Å². The maximum Gasteiger partial charge on any atom is 0.123 e. The fraction of sp³-hybridized carbons (Fsp3) is 0.379. The molecule has 0 bridgehead atoms. The Morgan fingerprint density at radius 1 is 0.457 bits per heavy atom. The molecule has 3 aromatic carbocycles. The van der Waals surface area contributed by atoms with Gasteiger partial charge in [-0.1, -0.05) is 20.8 Å². The number of methoxy groups -OCH3 is 4. The number of benzene rings is 3. The van der Waals surface area contributed by atoms with Gasteiger partial charge in [-0.3, -0.25) is 0 Å². The number of hydrogen-bond donors (Lipinski definition) is 0. The van der Waals surface area contributed by atoms with Crippen molar-refractivity contribution in [3.8, 4) is 34.5 Å². The summed E-state index contributed by atoms with van der Waals surface area (Å²) in [6.07, 6.45) is 0.889. The molecule has 0 saturated heterocycles. The van der Waals surface area contributed by atoms with Crippen molar-refractivity contribution in [2.75, 3.05) is 28.4 Å². The zero-order valence-electron chi connectivity index (χ0n) is 21.8. The fourth-order valence-corrected chi connectivity index (χ4v) is 3.74. The summed E-state index contributed by atoms with van der Waals surface area (Å²) in [6, 6.07) is 17.5. The van der Waals surface area contributed by atoms with Crippen LogP contribution in [0.2, 0.25) is 0 Å². The third kappa shape index (κ3) is 8.02. The van der Waals surface area contributed by atoms with Gasteiger partial charge < -0.3 is 28.4 Å². The van der Waals surface area contributed by atoms with Crippen LogP contribution < -0.4 is 28.4 Å². The third-order valence-corrected chi connectivity index (χ3v) is 5.31. The highest BCUT2D eigenvalue weighted by molar-refractivity contribution is 5.42. The van der Waals surface area contributed by atoms with Crippen molar-refractivity contribution in [3.63, 3.8) is 0 Å². The first kappa shape index (κ1) is 26.1. The average molecular weight is 481 g/mol. The van der Waals surface area contributed by atoms with Crippen LogP contribution in [-0.2, 0) is 19.6 Å². The summed E-state index contributed by atoms with van der Waals surface area (Å²) in [5, 5.41) is 0. The Kier molecular flexibility index (Phi) is 8.74. The minimum atomic E-state index is 0.121. The Bertz CT molecular complexity index is 994. The summed E-state index contributed by atoms with van der Waals surface area (Å²) in [7, 11) is 6.54. The molecule has 0 fully saturated rings. The van der Waals surface area contributed by atoms with E-state index in [0.29, 0.717) is 13.2 Å². The Morgan fingerprint density at radius 3 is 1.09 bits per heavy atom. The molecule has 0 saturated carbocycles. The van der Waals surface area contributed by atoms with Gasteiger partial charge in [0.15, 0.2) is 0 Å². The van der Waals surface area contributed by atoms with Gasteiger partial charge in [-0.15, -0.1) is 0 Å². The van der Waals surface area contributed by atoms with Crippen LogP contribution in [0.25, 0.3) is 0 Å². The summed E-state index contributed by atoms with van der Waals surface area (Å²) in [5.74, 6) is 4.38. The van der Waals surface area contributed by atoms with Crippen molar-refractivity contribution in [1.29, 1.82) is 0 Å². The van der Waals surface area contributed by atoms with E-state index in [1.807, 2.05) is 42.5 Å². The SMILES string of the molecule is COc1cc(COc2cc(CC(C)(C)C)cc(OCc3cc(OC)cc(OC)c3)c2)cc(OC)c1. The summed E-state index contributed by atoms with van der Waals surface area (Å²) in [4.78, 5) is 0. The van der Waals surface area contributed by atoms with Crippen LogP contribution in [0.5, 0.6) is 34.5 Å². The molecule has 0 N–H and O–H groups in total. The Labute approximate surface area is 208 Å². The van der Waals surface area contributed by atoms with Gasteiger partial charge in [0.25, 0.3) is 0 Å². The lowest BCUT2D eigenvalue weighted by atomic mass is 9.88. The van der Waals surface area contributed by atoms with Crippen LogP contribution in [-0.4, -0.2) is 28.4 Å². The van der Waals surface area contributed by atoms with Gasteiger partial charge in [-0.25, -0.2) is 0 Å². The molecule has 0 spiro atoms. The van der Waals surface area contributed by atoms with Crippen LogP contribution in [0, 0.1) is 5.41 Å². The monoisotopic (exact) mass is 480 g/mol. The molecule has 35 heavy (non-hydrogen) atoms. The molecule has 188 valence electrons. The van der Waals surface area contributed by atoms with E-state index in [-0.39, 0.29) is 5.41 Å². The highest BCUT2D eigenvalue weighted by Gasteiger charge is 2.14. The van der Waals surface area contributed by atoms with E-state index >= 15 is 0 Å². The van der Waals surface area contributed by atoms with E-state index in [9.17, 15) is 0 Å². The zero-order chi connectivity index (χ0) is 25.4. The van der Waals surface area contributed by atoms with Crippen LogP contribution in [0.3, 0.4) is 0 Å². The van der Waals surface area contributed by atoms with Gasteiger partial charge in [0, 0.05) is 18.2 Å². The first-order chi connectivity index (χ1) is 16.7. The van der Waals surface area contributed by atoms with E-state index in [2.05, 4.69) is 32.9 Å². The van der Waals surface area contributed by atoms with Gasteiger partial charge in [-0.05, 0) is 64.9 Å². The quantitative estimate of drug-likeness (QED) is 0.314. The van der Waals surface area contributed by atoms with Crippen molar-refractivity contribution < 1.29 is 28.4 Å². The minimum absolute atomic E-state index is 0.121. The molecule has 6 heteroatoms. The highest BCUT2D eigenvalue weighted by atomic mass is 16.5. The second-order valence-corrected chi connectivity index (χ2v) is 9.57. The summed E-state index contributed by atoms with van der Waals surface area (Å²) in [5.41, 5.74) is 3.18. The smallest absolute Gasteiger partial charge is 0.123 e. The highest BCUT2D eigenvalue weighted by Crippen LogP contribution is 2.31. The second kappa shape index (κ2) is 11.7. The van der Waals surface area contributed by atoms with Gasteiger partial charge in [0.2, 0.25) is 0 Å². The van der Waals surface area contributed by atoms with E-state index in [1.54, 1.807) is 28.4 Å². The molecule has 0 amide bonds. The molecular formula is C29H36O6. The van der Waals surface area contributed by atoms with Gasteiger partial charge in [0.05, 0.1) is 28.4 Å². The molecular weight excluding hydrogens is 444 g/mol. The first-order valence-electron chi connectivity index (χ1n) is 11.5. The maximum atomic E-state index is 6.18. The van der Waals surface area contributed by atoms with Crippen molar-refractivity contribution in [3.05, 3.63) is 71.3 Å². The third-order valence-electron chi connectivity index (χ3n) is 5.31. The fourth-order valence-electron chi connectivity index (χ4n) is 3.74. The lowest BCUT2D eigenvalue weighted by molar-refractivity contribution is 0.286. The predicted molar refractivity (Wildman–Crippen MR) is 137 cm³/mol. The average Bonchev–Trinajstić information content (AvgIpc) is 2.84. The molecule has 0 radical (unpaired) electrons. The molecule has 0 aliphatic heterocycles. The summed E-state index contributed by atoms with van der Waals surface area (Å²) in [6.45, 7) is 7.39. The lowest BCUT2D eigenvalue weighted by Crippen LogP contribution is -2.09. The maximum absolute atomic E-state index is 6.18. The molecule has 3 aromatic rings. The minimum Gasteiger partial charge on any atom is -0.497 e. The summed E-state index contributed by atoms with van der Waals surface area (Å²) >= 11 is 0. The van der Waals surface area contributed by atoms with Gasteiger partial charge in [0.1, 0.15) is 47.7 Å². The van der Waals surface area contributed by atoms with E-state index in [1.165, 1.54) is 0 Å². The first-order valence-corrected chi connectivity index (χ1v) is 11.5. The van der Waals surface area contributed by atoms with Crippen molar-refractivity contribution in [2.24, 2.45) is 5.41 Å². The van der Waals surface area contributed by atoms with Crippen molar-refractivity contribution in [2.45, 2.75) is 40.4 Å². The number of rotatable bonds is 11. The van der Waals surface area contributed by atoms with Crippen LogP contribution >= 0.6 is 0 Å². The standard InChI is InChI=1S/C29H36O6/c1-29(2,3)17-20-8-27(34-18-21-10-23(30-4)14-24(11-21)31-5)16-28(9-20)35-19-22-12-25(32-6)15-26(13-22)33-7/h8-16H,17-19H2,1-7H3. The summed E-state index contributed by atoms with van der Waals surface area (Å²) < 4.78 is 33.9. The van der Waals surface area contributed by atoms with Gasteiger partial charge in [-0.2, -0.15) is 0 Å². The topological polar surface area (TPSA) is 55.4 Å². The van der Waals surface area contributed by atoms with E-state index in [0.717, 1.165) is 57.6 Å². The molecule has 0 heterocycles. The van der Waals surface area contributed by atoms with Gasteiger partial charge >= 0.3 is 0 Å². The molecule has 6 nitrogen and oxygen atoms in total. The van der Waals surface area contributed by atoms with Crippen molar-refractivity contribution >= 4 is 0 Å². The van der Waals surface area contributed by atoms with E-state index in [4.69, 9.17) is 28.4 Å². The largest absolute Gasteiger partial charge is 0.497 e. The van der Waals surface area contributed by atoms with Crippen LogP contribution in [0.15, 0.2) is 54.6 Å². The Hall–Kier alpha value is -3.54. The lowest BCUT2D eigenvalue weighted by Gasteiger charge is -2.20. The molecule has 0 atom stereocenters. The Morgan fingerprint density at radius 2 is 0.771 bits per heavy atom. The predicted octanol–water partition coefficient (Wildman–Crippen LogP) is 6.47. The zero-order valence-corrected chi connectivity index (χ0v) is 21.8. The number of hydrogen-bond acceptors (Lipinski definition) is 6. The van der Waals surface area contributed by atoms with Crippen LogP contribution in [0.4, 0.5) is 0 Å². The molecule has 0 aliphatic carbocycles. The molecule has 3 rings (SSSR count). The molecule has 0 aromatic heterocycles. The number of ether oxygens (including phenoxy) is 6.